The van der Waals surface area contributed by atoms with E-state index in [4.69, 9.17) is 24.6 Å². The van der Waals surface area contributed by atoms with Crippen LogP contribution in [0.25, 0.3) is 11.1 Å². The first-order valence-electron chi connectivity index (χ1n) is 4.73. The standard InChI is InChI=1S/C9H19N2.2ClH.Co.Pt/c1-2-3-4-5-6-8-11-9-7-10;;;;/h10H,1-9H2;2*1H;;/q-3;;;;+4/p-2. The van der Waals surface area contributed by atoms with Gasteiger partial charge in [-0.2, -0.15) is 19.5 Å². The molecule has 0 fully saturated rings. The van der Waals surface area contributed by atoms with Gasteiger partial charge in [-0.3, -0.25) is 0 Å². The Bertz CT molecular complexity index is 84.5. The maximum Gasteiger partial charge on any atom is 0 e. The van der Waals surface area contributed by atoms with E-state index in [1.807, 2.05) is 0 Å². The van der Waals surface area contributed by atoms with Crippen LogP contribution in [0.3, 0.4) is 0 Å². The summed E-state index contributed by atoms with van der Waals surface area (Å²) in [5.74, 6) is 0. The van der Waals surface area contributed by atoms with Gasteiger partial charge in [0.05, 0.1) is 0 Å². The van der Waals surface area contributed by atoms with E-state index in [1.165, 1.54) is 25.7 Å². The number of hydrogen-bond donors (Lipinski definition) is 0. The molecule has 0 aromatic heterocycles. The maximum absolute atomic E-state index is 6.85. The van der Waals surface area contributed by atoms with E-state index in [2.05, 4.69) is 12.2 Å². The van der Waals surface area contributed by atoms with Gasteiger partial charge in [-0.05, 0) is 0 Å². The van der Waals surface area contributed by atoms with E-state index >= 15 is 0 Å². The Kier molecular flexibility index (Phi) is 36.2. The minimum atomic E-state index is -0.472. The normalized spacial score (nSPS) is 9.07. The van der Waals surface area contributed by atoms with Crippen molar-refractivity contribution in [1.82, 2.24) is 0 Å². The predicted octanol–water partition coefficient (Wildman–Crippen LogP) is 4.57. The van der Waals surface area contributed by atoms with Gasteiger partial charge in [0, 0.05) is 16.8 Å². The fraction of sp³-hybridized carbons (Fsp3) is 0.889. The van der Waals surface area contributed by atoms with Crippen molar-refractivity contribution < 1.29 is 33.3 Å². The second-order valence-corrected chi connectivity index (χ2v) is 6.02. The van der Waals surface area contributed by atoms with Gasteiger partial charge in [0.1, 0.15) is 0 Å². The Morgan fingerprint density at radius 2 is 1.60 bits per heavy atom. The fourth-order valence-corrected chi connectivity index (χ4v) is 0.945. The third kappa shape index (κ3) is 31.3. The molecule has 15 heavy (non-hydrogen) atoms. The average molecular weight is 480 g/mol. The van der Waals surface area contributed by atoms with Crippen LogP contribution in [0.1, 0.15) is 32.1 Å². The third-order valence-electron chi connectivity index (χ3n) is 1.59. The van der Waals surface area contributed by atoms with Gasteiger partial charge < -0.3 is 18.0 Å². The maximum atomic E-state index is 6.85. The zero-order valence-electron chi connectivity index (χ0n) is 8.72. The summed E-state index contributed by atoms with van der Waals surface area (Å²) in [6, 6.07) is 0. The van der Waals surface area contributed by atoms with Crippen molar-refractivity contribution in [3.05, 3.63) is 18.0 Å². The minimum Gasteiger partial charge on any atom is 0 e. The van der Waals surface area contributed by atoms with Gasteiger partial charge in [0.15, 0.2) is 0 Å². The summed E-state index contributed by atoms with van der Waals surface area (Å²) < 4.78 is 0. The summed E-state index contributed by atoms with van der Waals surface area (Å²) in [6.45, 7) is 5.90. The number of rotatable bonds is 8. The molecule has 0 saturated heterocycles. The summed E-state index contributed by atoms with van der Waals surface area (Å²) in [4.78, 5) is 0. The van der Waals surface area contributed by atoms with Crippen molar-refractivity contribution >= 4 is 18.8 Å². The van der Waals surface area contributed by atoms with Crippen LogP contribution < -0.4 is 0 Å². The molecule has 0 amide bonds. The number of hydrogen-bond acceptors (Lipinski definition) is 0. The van der Waals surface area contributed by atoms with E-state index in [-0.39, 0.29) is 16.8 Å². The van der Waals surface area contributed by atoms with Crippen molar-refractivity contribution in [3.8, 4) is 0 Å². The first kappa shape index (κ1) is 21.9. The average Bonchev–Trinajstić information content (AvgIpc) is 2.18. The molecule has 1 N–H and O–H groups in total. The fourth-order valence-electron chi connectivity index (χ4n) is 0.945. The zero-order chi connectivity index (χ0) is 11.1. The largest absolute Gasteiger partial charge is 0 e. The van der Waals surface area contributed by atoms with Crippen LogP contribution in [0.15, 0.2) is 0 Å². The smallest absolute Gasteiger partial charge is 0 e. The Balaban J connectivity index is -0.000000320. The second-order valence-electron chi connectivity index (χ2n) is 2.73. The quantitative estimate of drug-likeness (QED) is 0.361. The molecule has 0 atom stereocenters. The molecule has 0 heterocycles. The molecule has 2 nitrogen and oxygen atoms in total. The molecule has 0 aromatic rings. The third-order valence-corrected chi connectivity index (χ3v) is 1.59. The summed E-state index contributed by atoms with van der Waals surface area (Å²) in [6.07, 6.45) is 6.07. The van der Waals surface area contributed by atoms with Gasteiger partial charge in [-0.15, -0.1) is 6.54 Å². The number of nitrogens with one attached hydrogen (secondary N) is 1. The van der Waals surface area contributed by atoms with E-state index in [0.29, 0.717) is 6.54 Å². The van der Waals surface area contributed by atoms with E-state index in [0.717, 1.165) is 19.5 Å². The molecule has 0 spiro atoms. The molecule has 1 radical (unpaired) electrons. The van der Waals surface area contributed by atoms with Gasteiger partial charge in [-0.25, -0.2) is 0 Å². The minimum absolute atomic E-state index is 0. The molecule has 6 heteroatoms. The first-order chi connectivity index (χ1) is 6.83. The van der Waals surface area contributed by atoms with E-state index in [9.17, 15) is 0 Å². The van der Waals surface area contributed by atoms with Crippen LogP contribution in [-0.4, -0.2) is 19.6 Å². The van der Waals surface area contributed by atoms with E-state index in [1.54, 1.807) is 0 Å². The first-order valence-corrected chi connectivity index (χ1v) is 10.4. The molecule has 0 aliphatic carbocycles. The molecule has 0 unspecified atom stereocenters. The van der Waals surface area contributed by atoms with Crippen molar-refractivity contribution in [2.24, 2.45) is 0 Å². The Hall–Kier alpha value is 1.69. The van der Waals surface area contributed by atoms with Crippen molar-refractivity contribution in [2.45, 2.75) is 32.1 Å². The summed E-state index contributed by atoms with van der Waals surface area (Å²) in [5, 5.41) is 4.18. The summed E-state index contributed by atoms with van der Waals surface area (Å²) in [7, 11) is 9.75. The Morgan fingerprint density at radius 3 is 2.07 bits per heavy atom. The van der Waals surface area contributed by atoms with Crippen LogP contribution in [0.4, 0.5) is 0 Å². The molecule has 0 aromatic carbocycles. The zero-order valence-corrected chi connectivity index (χ0v) is 13.5. The second kappa shape index (κ2) is 24.8. The molecular weight excluding hydrogens is 461 g/mol. The van der Waals surface area contributed by atoms with Crippen LogP contribution in [0.5, 0.6) is 0 Å². The van der Waals surface area contributed by atoms with Gasteiger partial charge in [-0.1, -0.05) is 25.7 Å². The monoisotopic (exact) mass is 479 g/mol. The molecule has 0 bridgehead atoms. The van der Waals surface area contributed by atoms with Gasteiger partial charge in [0.25, 0.3) is 0 Å². The number of halogens is 2. The van der Waals surface area contributed by atoms with E-state index < -0.39 is 16.5 Å². The van der Waals surface area contributed by atoms with Gasteiger partial charge in [0.2, 0.25) is 0 Å². The molecular formula is C9H19Cl2CoN2Pt-. The predicted molar refractivity (Wildman–Crippen MR) is 62.4 cm³/mol. The number of nitrogens with zero attached hydrogens (tertiary/aromatic N) is 1. The molecule has 0 aliphatic rings. The number of unbranched alkanes of at least 4 members (excludes halogenated alkanes) is 4. The van der Waals surface area contributed by atoms with Crippen molar-refractivity contribution in [3.63, 3.8) is 0 Å². The molecule has 0 rings (SSSR count). The van der Waals surface area contributed by atoms with Gasteiger partial charge >= 0.3 is 35.3 Å². The molecule has 0 aliphatic heterocycles. The van der Waals surface area contributed by atoms with Crippen LogP contribution in [0.2, 0.25) is 0 Å². The van der Waals surface area contributed by atoms with Crippen LogP contribution in [-0.2, 0) is 33.3 Å². The van der Waals surface area contributed by atoms with Crippen molar-refractivity contribution in [2.75, 3.05) is 19.6 Å². The topological polar surface area (TPSA) is 37.9 Å². The Morgan fingerprint density at radius 1 is 1.07 bits per heavy atom. The summed E-state index contributed by atoms with van der Waals surface area (Å²) in [5.41, 5.74) is 6.85. The molecule has 99 valence electrons. The van der Waals surface area contributed by atoms with Crippen LogP contribution >= 0.6 is 18.8 Å². The van der Waals surface area contributed by atoms with Crippen LogP contribution in [0, 0.1) is 6.92 Å². The van der Waals surface area contributed by atoms with Crippen molar-refractivity contribution in [1.29, 1.82) is 0 Å². The SMILES string of the molecule is [CH2-]CCCCCC[N-]CC[NH-].[Cl][Pt+2][Cl].[Co]. The Labute approximate surface area is 121 Å². The molecule has 0 saturated carbocycles. The summed E-state index contributed by atoms with van der Waals surface area (Å²) >= 11 is -0.472.